The van der Waals surface area contributed by atoms with E-state index >= 15 is 0 Å². The number of halogens is 2. The second-order valence-electron chi connectivity index (χ2n) is 4.52. The second kappa shape index (κ2) is 4.71. The fraction of sp³-hybridized carbons (Fsp3) is 0.308. The van der Waals surface area contributed by atoms with Gasteiger partial charge >= 0.3 is 0 Å². The molecule has 0 aliphatic heterocycles. The Balaban J connectivity index is 1.78. The Hall–Kier alpha value is -1.39. The van der Waals surface area contributed by atoms with Crippen molar-refractivity contribution in [1.29, 1.82) is 0 Å². The third-order valence-electron chi connectivity index (χ3n) is 2.97. The smallest absolute Gasteiger partial charge is 0.124 e. The Morgan fingerprint density at radius 2 is 2.28 bits per heavy atom. The molecule has 0 radical (unpaired) electrons. The van der Waals surface area contributed by atoms with Crippen molar-refractivity contribution in [2.75, 3.05) is 0 Å². The van der Waals surface area contributed by atoms with Gasteiger partial charge in [-0.25, -0.2) is 9.37 Å². The molecule has 1 aliphatic carbocycles. The first kappa shape index (κ1) is 11.7. The maximum absolute atomic E-state index is 13.0. The first-order valence-corrected chi connectivity index (χ1v) is 6.32. The maximum atomic E-state index is 13.0. The van der Waals surface area contributed by atoms with Crippen molar-refractivity contribution in [1.82, 2.24) is 14.9 Å². The Morgan fingerprint density at radius 1 is 1.44 bits per heavy atom. The van der Waals surface area contributed by atoms with Crippen LogP contribution in [0.4, 0.5) is 4.39 Å². The van der Waals surface area contributed by atoms with Crippen LogP contribution >= 0.6 is 11.6 Å². The van der Waals surface area contributed by atoms with Crippen molar-refractivity contribution in [3.63, 3.8) is 0 Å². The first-order valence-electron chi connectivity index (χ1n) is 5.94. The van der Waals surface area contributed by atoms with Crippen molar-refractivity contribution in [2.45, 2.75) is 25.4 Å². The molecule has 1 aromatic carbocycles. The van der Waals surface area contributed by atoms with Gasteiger partial charge in [0.05, 0.1) is 22.7 Å². The average molecular weight is 266 g/mol. The van der Waals surface area contributed by atoms with E-state index in [4.69, 9.17) is 11.6 Å². The van der Waals surface area contributed by atoms with Gasteiger partial charge in [-0.15, -0.1) is 0 Å². The number of rotatable bonds is 4. The third-order valence-corrected chi connectivity index (χ3v) is 3.28. The van der Waals surface area contributed by atoms with Gasteiger partial charge in [-0.2, -0.15) is 0 Å². The third kappa shape index (κ3) is 2.54. The number of nitrogens with zero attached hydrogens (tertiary/aromatic N) is 2. The number of hydrogen-bond donors (Lipinski definition) is 1. The lowest BCUT2D eigenvalue weighted by Crippen LogP contribution is -2.15. The van der Waals surface area contributed by atoms with Gasteiger partial charge < -0.3 is 9.88 Å². The summed E-state index contributed by atoms with van der Waals surface area (Å²) in [4.78, 5) is 4.30. The predicted octanol–water partition coefficient (Wildman–Crippen LogP) is 2.92. The van der Waals surface area contributed by atoms with Gasteiger partial charge in [0.25, 0.3) is 0 Å². The molecule has 94 valence electrons. The molecular formula is C13H13ClFN3. The summed E-state index contributed by atoms with van der Waals surface area (Å²) in [5.41, 5.74) is 1.70. The summed E-state index contributed by atoms with van der Waals surface area (Å²) in [5, 5.41) is 3.78. The fourth-order valence-corrected chi connectivity index (χ4v) is 2.08. The monoisotopic (exact) mass is 265 g/mol. The van der Waals surface area contributed by atoms with E-state index in [0.717, 1.165) is 17.9 Å². The van der Waals surface area contributed by atoms with E-state index in [1.54, 1.807) is 12.4 Å². The molecule has 0 atom stereocenters. The van der Waals surface area contributed by atoms with E-state index in [-0.39, 0.29) is 5.82 Å². The molecular weight excluding hydrogens is 253 g/mol. The lowest BCUT2D eigenvalue weighted by molar-refractivity contribution is 0.627. The minimum atomic E-state index is -0.334. The zero-order valence-corrected chi connectivity index (χ0v) is 10.5. The van der Waals surface area contributed by atoms with Gasteiger partial charge in [-0.1, -0.05) is 11.6 Å². The number of imidazole rings is 1. The lowest BCUT2D eigenvalue weighted by Gasteiger charge is -2.04. The first-order chi connectivity index (χ1) is 8.72. The predicted molar refractivity (Wildman–Crippen MR) is 68.4 cm³/mol. The number of benzene rings is 1. The van der Waals surface area contributed by atoms with Crippen molar-refractivity contribution < 1.29 is 4.39 Å². The van der Waals surface area contributed by atoms with Crippen LogP contribution in [0.25, 0.3) is 5.69 Å². The Kier molecular flexibility index (Phi) is 3.06. The van der Waals surface area contributed by atoms with Gasteiger partial charge in [0.15, 0.2) is 0 Å². The maximum Gasteiger partial charge on any atom is 0.124 e. The molecule has 1 aromatic heterocycles. The molecule has 0 amide bonds. The SMILES string of the molecule is Fc1ccc(-n2cnc(CNC3CC3)c2)c(Cl)c1. The largest absolute Gasteiger partial charge is 0.308 e. The van der Waals surface area contributed by atoms with E-state index in [1.165, 1.54) is 25.0 Å². The Morgan fingerprint density at radius 3 is 3.00 bits per heavy atom. The summed E-state index contributed by atoms with van der Waals surface area (Å²) < 4.78 is 14.8. The molecule has 3 nitrogen and oxygen atoms in total. The summed E-state index contributed by atoms with van der Waals surface area (Å²) >= 11 is 6.01. The Bertz CT molecular complexity index is 563. The van der Waals surface area contributed by atoms with Gasteiger partial charge in [-0.3, -0.25) is 0 Å². The van der Waals surface area contributed by atoms with Crippen LogP contribution in [0, 0.1) is 5.82 Å². The van der Waals surface area contributed by atoms with Crippen molar-refractivity contribution in [2.24, 2.45) is 0 Å². The number of hydrogen-bond acceptors (Lipinski definition) is 2. The van der Waals surface area contributed by atoms with E-state index < -0.39 is 0 Å². The van der Waals surface area contributed by atoms with E-state index in [2.05, 4.69) is 10.3 Å². The summed E-state index contributed by atoms with van der Waals surface area (Å²) in [6.07, 6.45) is 6.12. The summed E-state index contributed by atoms with van der Waals surface area (Å²) in [7, 11) is 0. The minimum Gasteiger partial charge on any atom is -0.308 e. The van der Waals surface area contributed by atoms with Gasteiger partial charge in [0, 0.05) is 18.8 Å². The quantitative estimate of drug-likeness (QED) is 0.921. The molecule has 0 bridgehead atoms. The lowest BCUT2D eigenvalue weighted by atomic mass is 10.3. The summed E-state index contributed by atoms with van der Waals surface area (Å²) in [5.74, 6) is -0.334. The van der Waals surface area contributed by atoms with Crippen LogP contribution in [-0.4, -0.2) is 15.6 Å². The van der Waals surface area contributed by atoms with E-state index in [0.29, 0.717) is 11.1 Å². The average Bonchev–Trinajstić information content (AvgIpc) is 3.05. The molecule has 1 saturated carbocycles. The molecule has 2 aromatic rings. The molecule has 0 saturated heterocycles. The van der Waals surface area contributed by atoms with Crippen LogP contribution in [-0.2, 0) is 6.54 Å². The topological polar surface area (TPSA) is 29.9 Å². The molecule has 1 fully saturated rings. The van der Waals surface area contributed by atoms with Gasteiger partial charge in [0.2, 0.25) is 0 Å². The van der Waals surface area contributed by atoms with Crippen molar-refractivity contribution >= 4 is 11.6 Å². The van der Waals surface area contributed by atoms with Crippen LogP contribution < -0.4 is 5.32 Å². The van der Waals surface area contributed by atoms with Crippen LogP contribution in [0.3, 0.4) is 0 Å². The molecule has 0 unspecified atom stereocenters. The fourth-order valence-electron chi connectivity index (χ4n) is 1.81. The van der Waals surface area contributed by atoms with E-state index in [9.17, 15) is 4.39 Å². The number of aromatic nitrogens is 2. The normalized spacial score (nSPS) is 15.0. The van der Waals surface area contributed by atoms with Crippen LogP contribution in [0.15, 0.2) is 30.7 Å². The highest BCUT2D eigenvalue weighted by Gasteiger charge is 2.20. The molecule has 1 aliphatic rings. The molecule has 3 rings (SSSR count). The summed E-state index contributed by atoms with van der Waals surface area (Å²) in [6, 6.07) is 5.00. The molecule has 18 heavy (non-hydrogen) atoms. The molecule has 1 heterocycles. The van der Waals surface area contributed by atoms with Gasteiger partial charge in [-0.05, 0) is 31.0 Å². The Labute approximate surface area is 110 Å². The highest BCUT2D eigenvalue weighted by Crippen LogP contribution is 2.22. The molecule has 1 N–H and O–H groups in total. The highest BCUT2D eigenvalue weighted by molar-refractivity contribution is 6.32. The van der Waals surface area contributed by atoms with E-state index in [1.807, 2.05) is 10.8 Å². The summed E-state index contributed by atoms with van der Waals surface area (Å²) in [6.45, 7) is 0.760. The zero-order valence-electron chi connectivity index (χ0n) is 9.74. The zero-order chi connectivity index (χ0) is 12.5. The van der Waals surface area contributed by atoms with Crippen LogP contribution in [0.5, 0.6) is 0 Å². The van der Waals surface area contributed by atoms with Gasteiger partial charge in [0.1, 0.15) is 5.82 Å². The van der Waals surface area contributed by atoms with Crippen molar-refractivity contribution in [3.05, 3.63) is 47.3 Å². The van der Waals surface area contributed by atoms with Crippen LogP contribution in [0.2, 0.25) is 5.02 Å². The number of nitrogens with one attached hydrogen (secondary N) is 1. The molecule has 5 heteroatoms. The van der Waals surface area contributed by atoms with Crippen LogP contribution in [0.1, 0.15) is 18.5 Å². The highest BCUT2D eigenvalue weighted by atomic mass is 35.5. The second-order valence-corrected chi connectivity index (χ2v) is 4.93. The van der Waals surface area contributed by atoms with Crippen molar-refractivity contribution in [3.8, 4) is 5.69 Å². The molecule has 0 spiro atoms. The standard InChI is InChI=1S/C13H13ClFN3/c14-12-5-9(15)1-4-13(12)18-7-11(17-8-18)6-16-10-2-3-10/h1,4-5,7-8,10,16H,2-3,6H2. The minimum absolute atomic E-state index is 0.334.